The molecule has 0 N–H and O–H groups in total. The zero-order chi connectivity index (χ0) is 8.95. The largest absolute Gasteiger partial charge is 0.103 e. The average molecular weight is 156 g/mol. The molecule has 0 saturated carbocycles. The number of hydrogen-bond donors (Lipinski definition) is 0. The Bertz CT molecular complexity index is 53.1. The van der Waals surface area contributed by atoms with Crippen molar-refractivity contribution in [2.75, 3.05) is 0 Å². The minimum absolute atomic E-state index is 1.19. The van der Waals surface area contributed by atoms with Gasteiger partial charge in [-0.05, 0) is 12.8 Å². The molecule has 0 aliphatic carbocycles. The van der Waals surface area contributed by atoms with E-state index in [9.17, 15) is 0 Å². The first-order valence-electron chi connectivity index (χ1n) is 4.94. The van der Waals surface area contributed by atoms with E-state index in [-0.39, 0.29) is 0 Å². The Morgan fingerprint density at radius 3 is 1.73 bits per heavy atom. The van der Waals surface area contributed by atoms with Crippen molar-refractivity contribution in [1.29, 1.82) is 0 Å². The third-order valence-electron chi connectivity index (χ3n) is 1.51. The fraction of sp³-hybridized carbons (Fsp3) is 0.818. The second kappa shape index (κ2) is 16.4. The summed E-state index contributed by atoms with van der Waals surface area (Å²) >= 11 is 0. The molecule has 0 aliphatic heterocycles. The lowest BCUT2D eigenvalue weighted by Gasteiger charge is -1.87. The smallest absolute Gasteiger partial charge is 0.0353 e. The van der Waals surface area contributed by atoms with Crippen LogP contribution in [0.5, 0.6) is 0 Å². The highest BCUT2D eigenvalue weighted by Gasteiger charge is 1.77. The fourth-order valence-electron chi connectivity index (χ4n) is 0.539. The minimum atomic E-state index is 1.19. The van der Waals surface area contributed by atoms with Crippen LogP contribution in [0.1, 0.15) is 59.3 Å². The van der Waals surface area contributed by atoms with Gasteiger partial charge in [0.25, 0.3) is 0 Å². The predicted molar refractivity (Wildman–Crippen MR) is 54.9 cm³/mol. The average Bonchev–Trinajstić information content (AvgIpc) is 2.06. The quantitative estimate of drug-likeness (QED) is 0.404. The maximum Gasteiger partial charge on any atom is -0.0353 e. The Morgan fingerprint density at radius 2 is 1.45 bits per heavy atom. The Kier molecular flexibility index (Phi) is 19.9. The van der Waals surface area contributed by atoms with Gasteiger partial charge in [-0.1, -0.05) is 52.5 Å². The van der Waals surface area contributed by atoms with E-state index in [2.05, 4.69) is 27.4 Å². The molecular weight excluding hydrogens is 132 g/mol. The van der Waals surface area contributed by atoms with Crippen LogP contribution < -0.4 is 0 Å². The molecule has 0 saturated heterocycles. The molecule has 0 rings (SSSR count). The zero-order valence-corrected chi connectivity index (χ0v) is 8.53. The van der Waals surface area contributed by atoms with Crippen LogP contribution in [0.2, 0.25) is 0 Å². The van der Waals surface area contributed by atoms with Gasteiger partial charge in [0.2, 0.25) is 0 Å². The van der Waals surface area contributed by atoms with Crippen molar-refractivity contribution in [3.63, 3.8) is 0 Å². The number of allylic oxidation sites excluding steroid dienone is 1. The van der Waals surface area contributed by atoms with Gasteiger partial charge >= 0.3 is 0 Å². The van der Waals surface area contributed by atoms with Gasteiger partial charge in [0, 0.05) is 0 Å². The van der Waals surface area contributed by atoms with Gasteiger partial charge in [-0.3, -0.25) is 0 Å². The van der Waals surface area contributed by atoms with Crippen molar-refractivity contribution in [2.24, 2.45) is 0 Å². The first kappa shape index (κ1) is 13.3. The molecule has 0 aromatic rings. The maximum atomic E-state index is 3.63. The van der Waals surface area contributed by atoms with E-state index in [1.807, 2.05) is 6.08 Å². The van der Waals surface area contributed by atoms with Gasteiger partial charge in [-0.25, -0.2) is 0 Å². The van der Waals surface area contributed by atoms with E-state index in [1.165, 1.54) is 38.5 Å². The summed E-state index contributed by atoms with van der Waals surface area (Å²) in [6.07, 6.45) is 9.80. The maximum absolute atomic E-state index is 3.63. The summed E-state index contributed by atoms with van der Waals surface area (Å²) < 4.78 is 0. The summed E-state index contributed by atoms with van der Waals surface area (Å²) in [5, 5.41) is 0. The highest BCUT2D eigenvalue weighted by atomic mass is 13.8. The van der Waals surface area contributed by atoms with Crippen molar-refractivity contribution < 1.29 is 0 Å². The lowest BCUT2D eigenvalue weighted by molar-refractivity contribution is 0.730. The van der Waals surface area contributed by atoms with Crippen LogP contribution in [0.15, 0.2) is 12.7 Å². The standard InChI is InChI=1S/C7H14.C4H10/c1-3-5-7-6-4-2;1-3-4-2/h3H,1,4-7H2,2H3;3-4H2,1-2H3. The molecule has 0 atom stereocenters. The van der Waals surface area contributed by atoms with Crippen molar-refractivity contribution in [1.82, 2.24) is 0 Å². The molecule has 0 nitrogen and oxygen atoms in total. The van der Waals surface area contributed by atoms with Crippen LogP contribution in [0.3, 0.4) is 0 Å². The van der Waals surface area contributed by atoms with E-state index < -0.39 is 0 Å². The van der Waals surface area contributed by atoms with Crippen molar-refractivity contribution in [3.05, 3.63) is 12.7 Å². The normalized spacial score (nSPS) is 8.27. The summed E-state index contributed by atoms with van der Waals surface area (Å²) in [6, 6.07) is 0. The van der Waals surface area contributed by atoms with Crippen LogP contribution in [0, 0.1) is 0 Å². The van der Waals surface area contributed by atoms with Crippen molar-refractivity contribution in [3.8, 4) is 0 Å². The molecule has 0 bridgehead atoms. The monoisotopic (exact) mass is 156 g/mol. The Balaban J connectivity index is 0. The van der Waals surface area contributed by atoms with E-state index >= 15 is 0 Å². The van der Waals surface area contributed by atoms with Gasteiger partial charge in [0.15, 0.2) is 0 Å². The van der Waals surface area contributed by atoms with Crippen LogP contribution >= 0.6 is 0 Å². The molecule has 0 radical (unpaired) electrons. The third-order valence-corrected chi connectivity index (χ3v) is 1.51. The van der Waals surface area contributed by atoms with E-state index in [0.29, 0.717) is 0 Å². The molecule has 0 aliphatic rings. The minimum Gasteiger partial charge on any atom is -0.103 e. The Labute approximate surface area is 72.7 Å². The van der Waals surface area contributed by atoms with E-state index in [4.69, 9.17) is 0 Å². The first-order valence-corrected chi connectivity index (χ1v) is 4.94. The van der Waals surface area contributed by atoms with Gasteiger partial charge in [0.1, 0.15) is 0 Å². The van der Waals surface area contributed by atoms with Crippen LogP contribution in [0.25, 0.3) is 0 Å². The lowest BCUT2D eigenvalue weighted by atomic mass is 10.2. The number of rotatable bonds is 5. The van der Waals surface area contributed by atoms with Crippen molar-refractivity contribution >= 4 is 0 Å². The third kappa shape index (κ3) is 26.0. The predicted octanol–water partition coefficient (Wildman–Crippen LogP) is 4.56. The molecule has 0 unspecified atom stereocenters. The van der Waals surface area contributed by atoms with Crippen LogP contribution in [0.4, 0.5) is 0 Å². The molecule has 0 aromatic carbocycles. The molecule has 0 spiro atoms. The second-order valence-electron chi connectivity index (χ2n) is 2.78. The summed E-state index contributed by atoms with van der Waals surface area (Å²) in [5.74, 6) is 0. The fourth-order valence-corrected chi connectivity index (χ4v) is 0.539. The van der Waals surface area contributed by atoms with Crippen molar-refractivity contribution in [2.45, 2.75) is 59.3 Å². The molecule has 0 heterocycles. The molecule has 0 heteroatoms. The number of unbranched alkanes of at least 4 members (excludes halogenated alkanes) is 4. The summed E-state index contributed by atoms with van der Waals surface area (Å²) in [5.41, 5.74) is 0. The highest BCUT2D eigenvalue weighted by Crippen LogP contribution is 1.97. The van der Waals surface area contributed by atoms with Gasteiger partial charge in [0.05, 0.1) is 0 Å². The Hall–Kier alpha value is -0.260. The Morgan fingerprint density at radius 1 is 0.909 bits per heavy atom. The summed E-state index contributed by atoms with van der Waals surface area (Å²) in [7, 11) is 0. The van der Waals surface area contributed by atoms with Gasteiger partial charge in [-0.15, -0.1) is 6.58 Å². The molecule has 11 heavy (non-hydrogen) atoms. The highest BCUT2D eigenvalue weighted by molar-refractivity contribution is 4.64. The molecule has 0 aromatic heterocycles. The topological polar surface area (TPSA) is 0 Å². The van der Waals surface area contributed by atoms with Crippen LogP contribution in [-0.2, 0) is 0 Å². The zero-order valence-electron chi connectivity index (χ0n) is 8.53. The second-order valence-corrected chi connectivity index (χ2v) is 2.78. The summed E-state index contributed by atoms with van der Waals surface area (Å²) in [4.78, 5) is 0. The van der Waals surface area contributed by atoms with E-state index in [0.717, 1.165) is 0 Å². The summed E-state index contributed by atoms with van der Waals surface area (Å²) in [6.45, 7) is 10.2. The molecule has 68 valence electrons. The SMILES string of the molecule is C=CCCCCC.CCCC. The number of hydrogen-bond acceptors (Lipinski definition) is 0. The molecular formula is C11H24. The van der Waals surface area contributed by atoms with Crippen LogP contribution in [-0.4, -0.2) is 0 Å². The molecule has 0 amide bonds. The van der Waals surface area contributed by atoms with E-state index in [1.54, 1.807) is 0 Å². The first-order chi connectivity index (χ1) is 5.33. The molecule has 0 fully saturated rings. The van der Waals surface area contributed by atoms with Gasteiger partial charge < -0.3 is 0 Å². The lowest BCUT2D eigenvalue weighted by Crippen LogP contribution is -1.67. The van der Waals surface area contributed by atoms with Gasteiger partial charge in [-0.2, -0.15) is 0 Å².